The van der Waals surface area contributed by atoms with E-state index >= 15 is 0 Å². The Bertz CT molecular complexity index is 407. The summed E-state index contributed by atoms with van der Waals surface area (Å²) in [4.78, 5) is 0. The molecule has 106 valence electrons. The van der Waals surface area contributed by atoms with Crippen LogP contribution in [-0.4, -0.2) is 25.8 Å². The van der Waals surface area contributed by atoms with E-state index in [-0.39, 0.29) is 5.82 Å². The van der Waals surface area contributed by atoms with Crippen molar-refractivity contribution in [2.24, 2.45) is 0 Å². The lowest BCUT2D eigenvalue weighted by atomic mass is 9.99. The van der Waals surface area contributed by atoms with E-state index in [1.807, 2.05) is 7.05 Å². The number of likely N-dealkylation sites (N-methyl/N-ethyl adjacent to an activating group) is 1. The molecule has 1 aromatic carbocycles. The summed E-state index contributed by atoms with van der Waals surface area (Å²) in [6.45, 7) is 0.901. The van der Waals surface area contributed by atoms with E-state index in [2.05, 4.69) is 5.32 Å². The number of ether oxygens (including phenoxy) is 1. The van der Waals surface area contributed by atoms with Gasteiger partial charge in [-0.1, -0.05) is 17.7 Å². The van der Waals surface area contributed by atoms with Crippen molar-refractivity contribution in [1.29, 1.82) is 0 Å². The summed E-state index contributed by atoms with van der Waals surface area (Å²) < 4.78 is 18.6. The topological polar surface area (TPSA) is 21.3 Å². The molecule has 1 aliphatic heterocycles. The lowest BCUT2D eigenvalue weighted by Crippen LogP contribution is -2.29. The molecule has 1 aliphatic rings. The lowest BCUT2D eigenvalue weighted by molar-refractivity contribution is 0.0998. The highest BCUT2D eigenvalue weighted by molar-refractivity contribution is 6.31. The van der Waals surface area contributed by atoms with Gasteiger partial charge in [-0.2, -0.15) is 0 Å². The molecule has 0 spiro atoms. The Morgan fingerprint density at radius 1 is 1.53 bits per heavy atom. The van der Waals surface area contributed by atoms with Crippen molar-refractivity contribution in [3.8, 4) is 0 Å². The first-order valence-electron chi connectivity index (χ1n) is 6.92. The summed E-state index contributed by atoms with van der Waals surface area (Å²) in [5, 5.41) is 3.82. The Morgan fingerprint density at radius 2 is 2.37 bits per heavy atom. The predicted octanol–water partition coefficient (Wildman–Crippen LogP) is 3.57. The lowest BCUT2D eigenvalue weighted by Gasteiger charge is -2.19. The van der Waals surface area contributed by atoms with Crippen LogP contribution in [0.25, 0.3) is 0 Å². The SMILES string of the molecule is CNC(CCC1CCCO1)Cc1ccc(F)cc1Cl. The minimum Gasteiger partial charge on any atom is -0.378 e. The van der Waals surface area contributed by atoms with E-state index < -0.39 is 0 Å². The van der Waals surface area contributed by atoms with Crippen molar-refractivity contribution >= 4 is 11.6 Å². The molecular formula is C15H21ClFNO. The standard InChI is InChI=1S/C15H21ClFNO/c1-18-13(6-7-14-3-2-8-19-14)9-11-4-5-12(17)10-15(11)16/h4-5,10,13-14,18H,2-3,6-9H2,1H3. The molecule has 2 rings (SSSR count). The number of halogens is 2. The van der Waals surface area contributed by atoms with Crippen molar-refractivity contribution in [1.82, 2.24) is 5.32 Å². The number of benzene rings is 1. The van der Waals surface area contributed by atoms with Crippen LogP contribution in [-0.2, 0) is 11.2 Å². The van der Waals surface area contributed by atoms with Crippen LogP contribution in [0.3, 0.4) is 0 Å². The fourth-order valence-corrected chi connectivity index (χ4v) is 2.80. The molecule has 1 aromatic rings. The van der Waals surface area contributed by atoms with Crippen molar-refractivity contribution in [2.75, 3.05) is 13.7 Å². The Kier molecular flexibility index (Phi) is 5.61. The first-order chi connectivity index (χ1) is 9.19. The van der Waals surface area contributed by atoms with Gasteiger partial charge in [-0.15, -0.1) is 0 Å². The summed E-state index contributed by atoms with van der Waals surface area (Å²) >= 11 is 6.07. The summed E-state index contributed by atoms with van der Waals surface area (Å²) in [6, 6.07) is 4.97. The average Bonchev–Trinajstić information content (AvgIpc) is 2.90. The molecule has 0 radical (unpaired) electrons. The van der Waals surface area contributed by atoms with Gasteiger partial charge in [0.25, 0.3) is 0 Å². The maximum absolute atomic E-state index is 13.0. The Hall–Kier alpha value is -0.640. The van der Waals surface area contributed by atoms with Gasteiger partial charge in [-0.25, -0.2) is 4.39 Å². The summed E-state index contributed by atoms with van der Waals surface area (Å²) in [5.74, 6) is -0.283. The Balaban J connectivity index is 1.86. The minimum atomic E-state index is -0.283. The van der Waals surface area contributed by atoms with Crippen molar-refractivity contribution in [2.45, 2.75) is 44.2 Å². The molecule has 2 atom stereocenters. The van der Waals surface area contributed by atoms with Crippen LogP contribution in [0, 0.1) is 5.82 Å². The number of hydrogen-bond donors (Lipinski definition) is 1. The normalized spacial score (nSPS) is 20.7. The maximum atomic E-state index is 13.0. The van der Waals surface area contributed by atoms with E-state index in [0.29, 0.717) is 17.2 Å². The van der Waals surface area contributed by atoms with E-state index in [1.54, 1.807) is 6.07 Å². The van der Waals surface area contributed by atoms with Gasteiger partial charge in [-0.05, 0) is 56.8 Å². The second-order valence-corrected chi connectivity index (χ2v) is 5.55. The smallest absolute Gasteiger partial charge is 0.124 e. The first kappa shape index (κ1) is 14.8. The first-order valence-corrected chi connectivity index (χ1v) is 7.29. The molecule has 0 aliphatic carbocycles. The zero-order valence-corrected chi connectivity index (χ0v) is 12.0. The van der Waals surface area contributed by atoms with Gasteiger partial charge in [0, 0.05) is 17.7 Å². The van der Waals surface area contributed by atoms with Crippen molar-refractivity contribution < 1.29 is 9.13 Å². The molecule has 19 heavy (non-hydrogen) atoms. The van der Waals surface area contributed by atoms with Crippen LogP contribution in [0.5, 0.6) is 0 Å². The molecule has 1 saturated heterocycles. The summed E-state index contributed by atoms with van der Waals surface area (Å²) in [7, 11) is 1.96. The van der Waals surface area contributed by atoms with Crippen LogP contribution in [0.15, 0.2) is 18.2 Å². The predicted molar refractivity (Wildman–Crippen MR) is 76.2 cm³/mol. The van der Waals surface area contributed by atoms with E-state index in [0.717, 1.165) is 31.4 Å². The average molecular weight is 286 g/mol. The molecule has 0 saturated carbocycles. The van der Waals surface area contributed by atoms with Crippen LogP contribution in [0.1, 0.15) is 31.2 Å². The largest absolute Gasteiger partial charge is 0.378 e. The third kappa shape index (κ3) is 4.44. The highest BCUT2D eigenvalue weighted by Gasteiger charge is 2.18. The molecule has 1 heterocycles. The number of nitrogens with one attached hydrogen (secondary N) is 1. The van der Waals surface area contributed by atoms with E-state index in [1.165, 1.54) is 25.0 Å². The van der Waals surface area contributed by atoms with Gasteiger partial charge >= 0.3 is 0 Å². The molecular weight excluding hydrogens is 265 g/mol. The van der Waals surface area contributed by atoms with Crippen molar-refractivity contribution in [3.05, 3.63) is 34.6 Å². The van der Waals surface area contributed by atoms with Gasteiger partial charge in [0.15, 0.2) is 0 Å². The molecule has 2 nitrogen and oxygen atoms in total. The van der Waals surface area contributed by atoms with Crippen LogP contribution >= 0.6 is 11.6 Å². The Morgan fingerprint density at radius 3 is 3.00 bits per heavy atom. The van der Waals surface area contributed by atoms with Gasteiger partial charge in [-0.3, -0.25) is 0 Å². The summed E-state index contributed by atoms with van der Waals surface area (Å²) in [5.41, 5.74) is 0.995. The highest BCUT2D eigenvalue weighted by atomic mass is 35.5. The second-order valence-electron chi connectivity index (χ2n) is 5.14. The molecule has 0 amide bonds. The molecule has 0 aromatic heterocycles. The fourth-order valence-electron chi connectivity index (χ4n) is 2.56. The molecule has 1 N–H and O–H groups in total. The monoisotopic (exact) mass is 285 g/mol. The third-order valence-electron chi connectivity index (χ3n) is 3.75. The molecule has 4 heteroatoms. The summed E-state index contributed by atoms with van der Waals surface area (Å²) in [6.07, 6.45) is 5.72. The van der Waals surface area contributed by atoms with Gasteiger partial charge in [0.2, 0.25) is 0 Å². The van der Waals surface area contributed by atoms with Crippen LogP contribution in [0.4, 0.5) is 4.39 Å². The zero-order chi connectivity index (χ0) is 13.7. The highest BCUT2D eigenvalue weighted by Crippen LogP contribution is 2.22. The molecule has 2 unspecified atom stereocenters. The van der Waals surface area contributed by atoms with Gasteiger partial charge in [0.05, 0.1) is 6.10 Å². The quantitative estimate of drug-likeness (QED) is 0.863. The number of rotatable bonds is 6. The van der Waals surface area contributed by atoms with Crippen LogP contribution in [0.2, 0.25) is 5.02 Å². The van der Waals surface area contributed by atoms with Crippen molar-refractivity contribution in [3.63, 3.8) is 0 Å². The Labute approximate surface area is 119 Å². The molecule has 0 bridgehead atoms. The molecule has 1 fully saturated rings. The van der Waals surface area contributed by atoms with Gasteiger partial charge in [0.1, 0.15) is 5.82 Å². The number of hydrogen-bond acceptors (Lipinski definition) is 2. The minimum absolute atomic E-state index is 0.283. The van der Waals surface area contributed by atoms with E-state index in [9.17, 15) is 4.39 Å². The third-order valence-corrected chi connectivity index (χ3v) is 4.10. The van der Waals surface area contributed by atoms with Gasteiger partial charge < -0.3 is 10.1 Å². The maximum Gasteiger partial charge on any atom is 0.124 e. The van der Waals surface area contributed by atoms with Crippen LogP contribution < -0.4 is 5.32 Å². The fraction of sp³-hybridized carbons (Fsp3) is 0.600. The van der Waals surface area contributed by atoms with E-state index in [4.69, 9.17) is 16.3 Å². The zero-order valence-electron chi connectivity index (χ0n) is 11.3. The second kappa shape index (κ2) is 7.22.